The second-order valence-corrected chi connectivity index (χ2v) is 6.31. The number of carbonyl (C=O) groups excluding carboxylic acids is 1. The lowest BCUT2D eigenvalue weighted by atomic mass is 9.83. The Morgan fingerprint density at radius 1 is 1.38 bits per heavy atom. The fraction of sp³-hybridized carbons (Fsp3) is 0.733. The molecule has 2 heterocycles. The first kappa shape index (κ1) is 14.5. The van der Waals surface area contributed by atoms with Gasteiger partial charge in [0.15, 0.2) is 0 Å². The van der Waals surface area contributed by atoms with Crippen LogP contribution in [0.4, 0.5) is 0 Å². The molecule has 1 aliphatic carbocycles. The summed E-state index contributed by atoms with van der Waals surface area (Å²) in [6.07, 6.45) is 7.74. The topological polar surface area (TPSA) is 72.5 Å². The smallest absolute Gasteiger partial charge is 0.254 e. The molecular weight excluding hydrogens is 268 g/mol. The van der Waals surface area contributed by atoms with Gasteiger partial charge in [0, 0.05) is 32.0 Å². The number of nitrogens with zero attached hydrogens (tertiary/aromatic N) is 3. The Kier molecular flexibility index (Phi) is 3.99. The molecule has 6 nitrogen and oxygen atoms in total. The van der Waals surface area contributed by atoms with E-state index in [0.717, 1.165) is 31.6 Å². The third-order valence-electron chi connectivity index (χ3n) is 4.85. The van der Waals surface area contributed by atoms with Crippen LogP contribution in [0.5, 0.6) is 0 Å². The van der Waals surface area contributed by atoms with Gasteiger partial charge in [-0.15, -0.1) is 0 Å². The Labute approximate surface area is 125 Å². The highest BCUT2D eigenvalue weighted by atomic mass is 16.3. The Bertz CT molecular complexity index is 482. The molecule has 1 saturated carbocycles. The molecule has 3 rings (SSSR count). The SMILES string of the molecule is CN1CCN(C(=O)C2(O)CCCCC2)CC1c1ncc[nH]1. The summed E-state index contributed by atoms with van der Waals surface area (Å²) in [6.45, 7) is 2.06. The predicted molar refractivity (Wildman–Crippen MR) is 78.6 cm³/mol. The van der Waals surface area contributed by atoms with Crippen LogP contribution in [0.3, 0.4) is 0 Å². The van der Waals surface area contributed by atoms with Crippen LogP contribution in [-0.4, -0.2) is 63.1 Å². The highest BCUT2D eigenvalue weighted by Gasteiger charge is 2.42. The summed E-state index contributed by atoms with van der Waals surface area (Å²) in [5.41, 5.74) is -1.14. The lowest BCUT2D eigenvalue weighted by molar-refractivity contribution is -0.157. The van der Waals surface area contributed by atoms with E-state index in [-0.39, 0.29) is 11.9 Å². The second kappa shape index (κ2) is 5.77. The van der Waals surface area contributed by atoms with Crippen molar-refractivity contribution in [3.8, 4) is 0 Å². The standard InChI is InChI=1S/C15H24N4O2/c1-18-9-10-19(11-12(18)13-16-7-8-17-13)14(20)15(21)5-3-2-4-6-15/h7-8,12,21H,2-6,9-11H2,1H3,(H,16,17). The highest BCUT2D eigenvalue weighted by Crippen LogP contribution is 2.31. The molecule has 0 aromatic carbocycles. The van der Waals surface area contributed by atoms with E-state index in [9.17, 15) is 9.90 Å². The van der Waals surface area contributed by atoms with Gasteiger partial charge in [0.05, 0.1) is 6.04 Å². The Hall–Kier alpha value is -1.40. The van der Waals surface area contributed by atoms with Crippen molar-refractivity contribution in [2.75, 3.05) is 26.7 Å². The van der Waals surface area contributed by atoms with E-state index in [4.69, 9.17) is 0 Å². The fourth-order valence-electron chi connectivity index (χ4n) is 3.46. The van der Waals surface area contributed by atoms with Gasteiger partial charge in [-0.1, -0.05) is 19.3 Å². The zero-order chi connectivity index (χ0) is 14.9. The van der Waals surface area contributed by atoms with Gasteiger partial charge in [0.2, 0.25) is 0 Å². The number of rotatable bonds is 2. The zero-order valence-corrected chi connectivity index (χ0v) is 12.6. The van der Waals surface area contributed by atoms with Crippen molar-refractivity contribution in [1.29, 1.82) is 0 Å². The lowest BCUT2D eigenvalue weighted by Gasteiger charge is -2.42. The van der Waals surface area contributed by atoms with E-state index in [0.29, 0.717) is 25.9 Å². The first-order valence-electron chi connectivity index (χ1n) is 7.81. The molecule has 1 aliphatic heterocycles. The number of hydrogen-bond donors (Lipinski definition) is 2. The molecule has 1 aromatic heterocycles. The van der Waals surface area contributed by atoms with Crippen LogP contribution in [0.2, 0.25) is 0 Å². The molecule has 0 bridgehead atoms. The average Bonchev–Trinajstić information content (AvgIpc) is 3.02. The van der Waals surface area contributed by atoms with Crippen molar-refractivity contribution in [3.05, 3.63) is 18.2 Å². The number of aromatic nitrogens is 2. The number of piperazine rings is 1. The van der Waals surface area contributed by atoms with E-state index in [1.165, 1.54) is 0 Å². The number of hydrogen-bond acceptors (Lipinski definition) is 4. The van der Waals surface area contributed by atoms with E-state index in [1.807, 2.05) is 11.9 Å². The molecule has 0 spiro atoms. The molecule has 1 amide bonds. The van der Waals surface area contributed by atoms with Gasteiger partial charge in [0.1, 0.15) is 11.4 Å². The van der Waals surface area contributed by atoms with Crippen LogP contribution >= 0.6 is 0 Å². The third kappa shape index (κ3) is 2.82. The van der Waals surface area contributed by atoms with E-state index >= 15 is 0 Å². The number of likely N-dealkylation sites (N-methyl/N-ethyl adjacent to an activating group) is 1. The normalized spacial score (nSPS) is 26.8. The Morgan fingerprint density at radius 2 is 2.14 bits per heavy atom. The lowest BCUT2D eigenvalue weighted by Crippen LogP contribution is -2.56. The second-order valence-electron chi connectivity index (χ2n) is 6.31. The van der Waals surface area contributed by atoms with Crippen LogP contribution in [-0.2, 0) is 4.79 Å². The zero-order valence-electron chi connectivity index (χ0n) is 12.6. The minimum atomic E-state index is -1.14. The number of H-pyrrole nitrogens is 1. The Balaban J connectivity index is 1.72. The molecule has 2 fully saturated rings. The monoisotopic (exact) mass is 292 g/mol. The van der Waals surface area contributed by atoms with Crippen LogP contribution in [0.15, 0.2) is 12.4 Å². The van der Waals surface area contributed by atoms with E-state index in [1.54, 1.807) is 12.4 Å². The molecule has 1 unspecified atom stereocenters. The maximum Gasteiger partial charge on any atom is 0.254 e. The van der Waals surface area contributed by atoms with Gasteiger partial charge in [-0.3, -0.25) is 9.69 Å². The minimum absolute atomic E-state index is 0.0740. The quantitative estimate of drug-likeness (QED) is 0.850. The summed E-state index contributed by atoms with van der Waals surface area (Å²) >= 11 is 0. The molecule has 6 heteroatoms. The average molecular weight is 292 g/mol. The van der Waals surface area contributed by atoms with Crippen molar-refractivity contribution in [2.45, 2.75) is 43.7 Å². The van der Waals surface area contributed by atoms with Crippen molar-refractivity contribution in [3.63, 3.8) is 0 Å². The van der Waals surface area contributed by atoms with E-state index in [2.05, 4.69) is 14.9 Å². The number of aromatic amines is 1. The van der Waals surface area contributed by atoms with Gasteiger partial charge < -0.3 is 15.0 Å². The van der Waals surface area contributed by atoms with Crippen molar-refractivity contribution in [1.82, 2.24) is 19.8 Å². The molecular formula is C15H24N4O2. The van der Waals surface area contributed by atoms with Crippen LogP contribution in [0.25, 0.3) is 0 Å². The van der Waals surface area contributed by atoms with Gasteiger partial charge in [-0.25, -0.2) is 4.98 Å². The number of nitrogens with one attached hydrogen (secondary N) is 1. The molecule has 2 aliphatic rings. The number of carbonyl (C=O) groups is 1. The maximum absolute atomic E-state index is 12.7. The summed E-state index contributed by atoms with van der Waals surface area (Å²) in [5, 5.41) is 10.6. The first-order chi connectivity index (χ1) is 10.1. The van der Waals surface area contributed by atoms with Crippen LogP contribution < -0.4 is 0 Å². The summed E-state index contributed by atoms with van der Waals surface area (Å²) in [6, 6.07) is 0.0740. The van der Waals surface area contributed by atoms with Gasteiger partial charge in [-0.05, 0) is 19.9 Å². The molecule has 2 N–H and O–H groups in total. The van der Waals surface area contributed by atoms with Gasteiger partial charge in [0.25, 0.3) is 5.91 Å². The number of imidazole rings is 1. The summed E-state index contributed by atoms with van der Waals surface area (Å²) in [5.74, 6) is 0.789. The highest BCUT2D eigenvalue weighted by molar-refractivity contribution is 5.85. The fourth-order valence-corrected chi connectivity index (χ4v) is 3.46. The molecule has 0 radical (unpaired) electrons. The van der Waals surface area contributed by atoms with Crippen molar-refractivity contribution in [2.24, 2.45) is 0 Å². The van der Waals surface area contributed by atoms with Gasteiger partial charge >= 0.3 is 0 Å². The van der Waals surface area contributed by atoms with Crippen LogP contribution in [0, 0.1) is 0 Å². The molecule has 116 valence electrons. The third-order valence-corrected chi connectivity index (χ3v) is 4.85. The maximum atomic E-state index is 12.7. The predicted octanol–water partition coefficient (Wildman–Crippen LogP) is 0.920. The molecule has 1 saturated heterocycles. The van der Waals surface area contributed by atoms with Crippen molar-refractivity contribution >= 4 is 5.91 Å². The summed E-state index contributed by atoms with van der Waals surface area (Å²) < 4.78 is 0. The first-order valence-corrected chi connectivity index (χ1v) is 7.81. The summed E-state index contributed by atoms with van der Waals surface area (Å²) in [7, 11) is 2.05. The minimum Gasteiger partial charge on any atom is -0.380 e. The van der Waals surface area contributed by atoms with Crippen LogP contribution in [0.1, 0.15) is 44.0 Å². The molecule has 1 atom stereocenters. The Morgan fingerprint density at radius 3 is 2.81 bits per heavy atom. The van der Waals surface area contributed by atoms with E-state index < -0.39 is 5.60 Å². The van der Waals surface area contributed by atoms with Crippen molar-refractivity contribution < 1.29 is 9.90 Å². The molecule has 21 heavy (non-hydrogen) atoms. The molecule has 1 aromatic rings. The summed E-state index contributed by atoms with van der Waals surface area (Å²) in [4.78, 5) is 24.2. The largest absolute Gasteiger partial charge is 0.380 e. The number of aliphatic hydroxyl groups is 1. The number of amides is 1. The van der Waals surface area contributed by atoms with Gasteiger partial charge in [-0.2, -0.15) is 0 Å².